The molecule has 0 unspecified atom stereocenters. The van der Waals surface area contributed by atoms with Crippen molar-refractivity contribution in [3.8, 4) is 5.75 Å². The molecular weight excluding hydrogens is 436 g/mol. The number of halogens is 2. The summed E-state index contributed by atoms with van der Waals surface area (Å²) < 4.78 is 6.23. The van der Waals surface area contributed by atoms with Crippen LogP contribution >= 0.6 is 45.2 Å². The molecule has 0 aromatic heterocycles. The van der Waals surface area contributed by atoms with Gasteiger partial charge in [0.15, 0.2) is 0 Å². The summed E-state index contributed by atoms with van der Waals surface area (Å²) in [5.74, 6) is -0.252. The van der Waals surface area contributed by atoms with E-state index >= 15 is 0 Å². The molecule has 4 nitrogen and oxygen atoms in total. The van der Waals surface area contributed by atoms with Gasteiger partial charge in [-0.05, 0) is 57.3 Å². The normalized spacial score (nSPS) is 12.2. The highest BCUT2D eigenvalue weighted by molar-refractivity contribution is 14.1. The number of carbonyl (C=O) groups excluding carboxylic acids is 1. The Hall–Kier alpha value is -0.0900. The molecule has 6 heteroatoms. The smallest absolute Gasteiger partial charge is 0.307 e. The van der Waals surface area contributed by atoms with Gasteiger partial charge in [0.05, 0.1) is 17.1 Å². The summed E-state index contributed by atoms with van der Waals surface area (Å²) in [5, 5.41) is 9.84. The molecule has 0 spiro atoms. The standard InChI is InChI=1S/C10H11I2NO3/c1-16-9(14)4-8(13)6-2-5(11)3-7(12)10(6)15/h2-3,8,15H,4,13H2,1H3/t8-/m1/s1. The first-order chi connectivity index (χ1) is 7.45. The zero-order valence-corrected chi connectivity index (χ0v) is 12.9. The molecule has 0 radical (unpaired) electrons. The van der Waals surface area contributed by atoms with Gasteiger partial charge in [0, 0.05) is 15.2 Å². The maximum Gasteiger partial charge on any atom is 0.307 e. The molecule has 0 saturated heterocycles. The molecule has 88 valence electrons. The fourth-order valence-electron chi connectivity index (χ4n) is 1.24. The lowest BCUT2D eigenvalue weighted by Gasteiger charge is -2.14. The quantitative estimate of drug-likeness (QED) is 0.551. The number of phenols is 1. The summed E-state index contributed by atoms with van der Waals surface area (Å²) in [7, 11) is 1.31. The molecule has 0 aliphatic carbocycles. The van der Waals surface area contributed by atoms with Crippen LogP contribution in [0.25, 0.3) is 0 Å². The van der Waals surface area contributed by atoms with Gasteiger partial charge in [-0.2, -0.15) is 0 Å². The fraction of sp³-hybridized carbons (Fsp3) is 0.300. The van der Waals surface area contributed by atoms with Gasteiger partial charge in [-0.3, -0.25) is 4.79 Å². The molecule has 0 saturated carbocycles. The number of aromatic hydroxyl groups is 1. The fourth-order valence-corrected chi connectivity index (χ4v) is 3.13. The highest BCUT2D eigenvalue weighted by Gasteiger charge is 2.17. The van der Waals surface area contributed by atoms with Crippen molar-refractivity contribution in [1.29, 1.82) is 0 Å². The molecule has 16 heavy (non-hydrogen) atoms. The molecule has 3 N–H and O–H groups in total. The molecule has 0 fully saturated rings. The van der Waals surface area contributed by atoms with Gasteiger partial charge in [-0.15, -0.1) is 0 Å². The van der Waals surface area contributed by atoms with Crippen LogP contribution in [0.3, 0.4) is 0 Å². The number of ether oxygens (including phenoxy) is 1. The average Bonchev–Trinajstić information content (AvgIpc) is 2.22. The summed E-state index contributed by atoms with van der Waals surface area (Å²) >= 11 is 4.16. The Bertz CT molecular complexity index is 409. The van der Waals surface area contributed by atoms with Crippen LogP contribution in [0.15, 0.2) is 12.1 Å². The van der Waals surface area contributed by atoms with E-state index in [1.165, 1.54) is 7.11 Å². The SMILES string of the molecule is COC(=O)C[C@@H](N)c1cc(I)cc(I)c1O. The van der Waals surface area contributed by atoms with E-state index in [2.05, 4.69) is 27.3 Å². The highest BCUT2D eigenvalue weighted by atomic mass is 127. The van der Waals surface area contributed by atoms with Gasteiger partial charge >= 0.3 is 5.97 Å². The van der Waals surface area contributed by atoms with E-state index in [9.17, 15) is 9.90 Å². The van der Waals surface area contributed by atoms with E-state index < -0.39 is 6.04 Å². The van der Waals surface area contributed by atoms with Crippen LogP contribution in [0.5, 0.6) is 5.75 Å². The van der Waals surface area contributed by atoms with Crippen molar-refractivity contribution < 1.29 is 14.6 Å². The minimum absolute atomic E-state index is 0.0558. The summed E-state index contributed by atoms with van der Waals surface area (Å²) in [6, 6.07) is 3.06. The second-order valence-corrected chi connectivity index (χ2v) is 5.62. The third-order valence-electron chi connectivity index (χ3n) is 2.07. The van der Waals surface area contributed by atoms with E-state index in [1.54, 1.807) is 6.07 Å². The van der Waals surface area contributed by atoms with Crippen LogP contribution in [0.4, 0.5) is 0 Å². The third-order valence-corrected chi connectivity index (χ3v) is 3.52. The number of hydrogen-bond acceptors (Lipinski definition) is 4. The van der Waals surface area contributed by atoms with Gasteiger partial charge in [0.25, 0.3) is 0 Å². The number of esters is 1. The predicted molar refractivity (Wildman–Crippen MR) is 77.1 cm³/mol. The predicted octanol–water partition coefficient (Wildman–Crippen LogP) is 2.16. The van der Waals surface area contributed by atoms with Crippen LogP contribution in [0, 0.1) is 7.14 Å². The molecule has 0 bridgehead atoms. The maximum absolute atomic E-state index is 11.1. The van der Waals surface area contributed by atoms with Crippen molar-refractivity contribution in [3.05, 3.63) is 24.8 Å². The first kappa shape index (κ1) is 14.0. The number of phenolic OH excluding ortho intramolecular Hbond substituents is 1. The second kappa shape index (κ2) is 6.01. The number of rotatable bonds is 3. The van der Waals surface area contributed by atoms with Crippen molar-refractivity contribution in [1.82, 2.24) is 0 Å². The Labute approximate surface area is 121 Å². The van der Waals surface area contributed by atoms with Crippen molar-refractivity contribution >= 4 is 51.2 Å². The molecule has 0 aliphatic rings. The zero-order chi connectivity index (χ0) is 12.3. The van der Waals surface area contributed by atoms with Crippen molar-refractivity contribution in [2.24, 2.45) is 5.73 Å². The van der Waals surface area contributed by atoms with E-state index in [0.29, 0.717) is 5.56 Å². The number of benzene rings is 1. The van der Waals surface area contributed by atoms with Gasteiger partial charge in [0.2, 0.25) is 0 Å². The van der Waals surface area contributed by atoms with E-state index in [4.69, 9.17) is 5.73 Å². The Balaban J connectivity index is 2.99. The second-order valence-electron chi connectivity index (χ2n) is 3.21. The number of hydrogen-bond donors (Lipinski definition) is 2. The summed E-state index contributed by atoms with van der Waals surface area (Å²) in [4.78, 5) is 11.1. The maximum atomic E-state index is 11.1. The molecular formula is C10H11I2NO3. The highest BCUT2D eigenvalue weighted by Crippen LogP contribution is 2.31. The largest absolute Gasteiger partial charge is 0.506 e. The topological polar surface area (TPSA) is 72.5 Å². The summed E-state index contributed by atoms with van der Waals surface area (Å²) in [6.07, 6.45) is 0.0558. The average molecular weight is 447 g/mol. The van der Waals surface area contributed by atoms with Gasteiger partial charge < -0.3 is 15.6 Å². The Morgan fingerprint density at radius 2 is 2.19 bits per heavy atom. The van der Waals surface area contributed by atoms with Crippen LogP contribution < -0.4 is 5.73 Å². The Morgan fingerprint density at radius 3 is 2.75 bits per heavy atom. The van der Waals surface area contributed by atoms with Crippen LogP contribution in [0.2, 0.25) is 0 Å². The molecule has 1 atom stereocenters. The molecule has 0 aliphatic heterocycles. The molecule has 0 amide bonds. The number of nitrogens with two attached hydrogens (primary N) is 1. The Morgan fingerprint density at radius 1 is 1.56 bits per heavy atom. The number of methoxy groups -OCH3 is 1. The number of carbonyl (C=O) groups is 1. The van der Waals surface area contributed by atoms with E-state index in [1.807, 2.05) is 28.7 Å². The van der Waals surface area contributed by atoms with Gasteiger partial charge in [-0.25, -0.2) is 0 Å². The summed E-state index contributed by atoms with van der Waals surface area (Å²) in [6.45, 7) is 0. The molecule has 1 rings (SSSR count). The molecule has 1 aromatic rings. The lowest BCUT2D eigenvalue weighted by Crippen LogP contribution is -2.16. The summed E-state index contributed by atoms with van der Waals surface area (Å²) in [5.41, 5.74) is 6.41. The van der Waals surface area contributed by atoms with Crippen molar-refractivity contribution in [2.45, 2.75) is 12.5 Å². The Kier molecular flexibility index (Phi) is 5.25. The van der Waals surface area contributed by atoms with Crippen molar-refractivity contribution in [3.63, 3.8) is 0 Å². The third kappa shape index (κ3) is 3.45. The lowest BCUT2D eigenvalue weighted by atomic mass is 10.0. The van der Waals surface area contributed by atoms with E-state index in [0.717, 1.165) is 7.14 Å². The first-order valence-corrected chi connectivity index (χ1v) is 6.61. The van der Waals surface area contributed by atoms with Crippen LogP contribution in [0.1, 0.15) is 18.0 Å². The van der Waals surface area contributed by atoms with Crippen molar-refractivity contribution in [2.75, 3.05) is 7.11 Å². The minimum atomic E-state index is -0.546. The van der Waals surface area contributed by atoms with Crippen LogP contribution in [-0.4, -0.2) is 18.2 Å². The molecule has 0 heterocycles. The zero-order valence-electron chi connectivity index (χ0n) is 8.54. The molecule has 1 aromatic carbocycles. The monoisotopic (exact) mass is 447 g/mol. The minimum Gasteiger partial charge on any atom is -0.506 e. The van der Waals surface area contributed by atoms with Gasteiger partial charge in [0.1, 0.15) is 5.75 Å². The van der Waals surface area contributed by atoms with Crippen LogP contribution in [-0.2, 0) is 9.53 Å². The van der Waals surface area contributed by atoms with Gasteiger partial charge in [-0.1, -0.05) is 0 Å². The first-order valence-electron chi connectivity index (χ1n) is 4.46. The lowest BCUT2D eigenvalue weighted by molar-refractivity contribution is -0.141. The van der Waals surface area contributed by atoms with E-state index in [-0.39, 0.29) is 18.1 Å².